The molecule has 0 atom stereocenters. The van der Waals surface area contributed by atoms with E-state index in [9.17, 15) is 14.7 Å². The average molecular weight is 466 g/mol. The van der Waals surface area contributed by atoms with E-state index in [4.69, 9.17) is 14.1 Å². The molecular weight excluding hydrogens is 447 g/mol. The quantitative estimate of drug-likeness (QED) is 0.201. The molecule has 0 fully saturated rings. The number of aliphatic carboxylic acids is 1. The first-order valence-corrected chi connectivity index (χ1v) is 9.99. The molecule has 0 amide bonds. The predicted molar refractivity (Wildman–Crippen MR) is 118 cm³/mol. The number of aromatic nitrogens is 2. The summed E-state index contributed by atoms with van der Waals surface area (Å²) in [6, 6.07) is 18.2. The van der Waals surface area contributed by atoms with E-state index in [0.29, 0.717) is 33.7 Å². The first-order chi connectivity index (χ1) is 16.0. The van der Waals surface area contributed by atoms with Crippen molar-refractivity contribution in [2.24, 2.45) is 0 Å². The second kappa shape index (κ2) is 11.1. The van der Waals surface area contributed by atoms with Crippen LogP contribution in [-0.2, 0) is 11.2 Å². The summed E-state index contributed by atoms with van der Waals surface area (Å²) in [5, 5.41) is 19.9. The third-order valence-electron chi connectivity index (χ3n) is 5.23. The summed E-state index contributed by atoms with van der Waals surface area (Å²) in [7, 11) is 3.03. The first-order valence-electron chi connectivity index (χ1n) is 9.99. The van der Waals surface area contributed by atoms with Gasteiger partial charge in [-0.15, -0.1) is 0 Å². The van der Waals surface area contributed by atoms with Crippen molar-refractivity contribution in [3.05, 3.63) is 89.0 Å². The largest absolute Gasteiger partial charge is 1.00 e. The minimum atomic E-state index is -1.49. The van der Waals surface area contributed by atoms with E-state index in [1.54, 1.807) is 60.7 Å². The number of carbonyl (C=O) groups is 2. The number of para-hydroxylation sites is 1. The fourth-order valence-corrected chi connectivity index (χ4v) is 3.59. The zero-order chi connectivity index (χ0) is 23.4. The summed E-state index contributed by atoms with van der Waals surface area (Å²) in [6.07, 6.45) is 0.00723. The van der Waals surface area contributed by atoms with Gasteiger partial charge in [0.1, 0.15) is 22.5 Å². The molecule has 1 heterocycles. The number of carboxylic acids is 1. The van der Waals surface area contributed by atoms with Crippen molar-refractivity contribution in [2.45, 2.75) is 6.42 Å². The van der Waals surface area contributed by atoms with E-state index in [0.717, 1.165) is 0 Å². The van der Waals surface area contributed by atoms with Crippen LogP contribution in [0.4, 0.5) is 0 Å². The van der Waals surface area contributed by atoms with Gasteiger partial charge in [-0.3, -0.25) is 4.79 Å². The molecule has 4 aromatic rings. The van der Waals surface area contributed by atoms with E-state index in [-0.39, 0.29) is 52.7 Å². The molecule has 0 aliphatic rings. The summed E-state index contributed by atoms with van der Waals surface area (Å²) >= 11 is 0. The van der Waals surface area contributed by atoms with Crippen LogP contribution in [0.5, 0.6) is 11.5 Å². The third kappa shape index (κ3) is 5.20. The van der Waals surface area contributed by atoms with Gasteiger partial charge >= 0.3 is 29.6 Å². The van der Waals surface area contributed by atoms with E-state index in [1.807, 2.05) is 0 Å². The Balaban J connectivity index is 0.00000324. The first kappa shape index (κ1) is 25.2. The van der Waals surface area contributed by atoms with Gasteiger partial charge in [0, 0.05) is 23.1 Å². The van der Waals surface area contributed by atoms with Crippen LogP contribution in [0.2, 0.25) is 0 Å². The maximum atomic E-state index is 13.6. The van der Waals surface area contributed by atoms with E-state index < -0.39 is 11.8 Å². The molecule has 0 aliphatic carbocycles. The van der Waals surface area contributed by atoms with Crippen LogP contribution >= 0.6 is 0 Å². The molecule has 8 nitrogen and oxygen atoms in total. The summed E-state index contributed by atoms with van der Waals surface area (Å²) in [6.45, 7) is 0. The maximum absolute atomic E-state index is 13.6. The zero-order valence-corrected chi connectivity index (χ0v) is 20.9. The molecule has 166 valence electrons. The van der Waals surface area contributed by atoms with Crippen molar-refractivity contribution in [2.75, 3.05) is 14.2 Å². The molecule has 4 rings (SSSR count). The summed E-state index contributed by atoms with van der Waals surface area (Å²) < 4.78 is 15.3. The Hall–Kier alpha value is -3.46. The van der Waals surface area contributed by atoms with Crippen molar-refractivity contribution < 1.29 is 58.4 Å². The number of nitrogens with zero attached hydrogens (tertiary/aromatic N) is 2. The monoisotopic (exact) mass is 466 g/mol. The number of fused-ring (bicyclic) bond motifs is 1. The number of hydrogen-bond acceptors (Lipinski definition) is 8. The number of ketones is 1. The van der Waals surface area contributed by atoms with Gasteiger partial charge in [0.15, 0.2) is 5.78 Å². The SMILES string of the molecule is COc1ccc(C(=O)C(Cc2ccccc2OC)=C(C(=O)[O-])c2ccc3nonc3c2)cc1.[Na+]. The van der Waals surface area contributed by atoms with Gasteiger partial charge in [0.05, 0.1) is 20.2 Å². The number of benzene rings is 3. The van der Waals surface area contributed by atoms with Gasteiger partial charge in [0.2, 0.25) is 0 Å². The number of allylic oxidation sites excluding steroid dienone is 1. The van der Waals surface area contributed by atoms with Gasteiger partial charge in [-0.05, 0) is 63.9 Å². The van der Waals surface area contributed by atoms with E-state index in [1.165, 1.54) is 20.3 Å². The van der Waals surface area contributed by atoms with Crippen molar-refractivity contribution in [3.8, 4) is 11.5 Å². The van der Waals surface area contributed by atoms with Crippen LogP contribution in [0.15, 0.2) is 76.9 Å². The van der Waals surface area contributed by atoms with Crippen LogP contribution in [-0.4, -0.2) is 36.3 Å². The molecule has 0 saturated carbocycles. The van der Waals surface area contributed by atoms with Gasteiger partial charge < -0.3 is 19.4 Å². The van der Waals surface area contributed by atoms with Crippen LogP contribution < -0.4 is 44.1 Å². The number of carbonyl (C=O) groups excluding carboxylic acids is 2. The number of rotatable bonds is 8. The Morgan fingerprint density at radius 2 is 1.56 bits per heavy atom. The normalized spacial score (nSPS) is 11.4. The Morgan fingerprint density at radius 1 is 0.882 bits per heavy atom. The van der Waals surface area contributed by atoms with Crippen molar-refractivity contribution in [3.63, 3.8) is 0 Å². The summed E-state index contributed by atoms with van der Waals surface area (Å²) in [5.41, 5.74) is 1.84. The number of carboxylic acid groups (broad SMARTS) is 1. The average Bonchev–Trinajstić information content (AvgIpc) is 3.31. The summed E-state index contributed by atoms with van der Waals surface area (Å²) in [4.78, 5) is 26.0. The Bertz CT molecular complexity index is 1360. The molecule has 9 heteroatoms. The number of hydrogen-bond donors (Lipinski definition) is 0. The maximum Gasteiger partial charge on any atom is 1.00 e. The summed E-state index contributed by atoms with van der Waals surface area (Å²) in [5.74, 6) is -0.837. The molecular formula is C25H19N2NaO6. The van der Waals surface area contributed by atoms with E-state index in [2.05, 4.69) is 10.3 Å². The zero-order valence-electron chi connectivity index (χ0n) is 18.9. The third-order valence-corrected chi connectivity index (χ3v) is 5.23. The Labute approximate surface area is 217 Å². The minimum Gasteiger partial charge on any atom is -0.545 e. The smallest absolute Gasteiger partial charge is 0.545 e. The number of ether oxygens (including phenoxy) is 2. The van der Waals surface area contributed by atoms with Gasteiger partial charge in [-0.25, -0.2) is 4.63 Å². The van der Waals surface area contributed by atoms with Gasteiger partial charge in [0.25, 0.3) is 0 Å². The van der Waals surface area contributed by atoms with Crippen molar-refractivity contribution in [1.29, 1.82) is 0 Å². The van der Waals surface area contributed by atoms with Gasteiger partial charge in [-0.2, -0.15) is 0 Å². The number of methoxy groups -OCH3 is 2. The predicted octanol–water partition coefficient (Wildman–Crippen LogP) is -0.127. The molecule has 0 aliphatic heterocycles. The van der Waals surface area contributed by atoms with Crippen LogP contribution in [0.3, 0.4) is 0 Å². The molecule has 3 aromatic carbocycles. The Morgan fingerprint density at radius 3 is 2.24 bits per heavy atom. The van der Waals surface area contributed by atoms with Crippen LogP contribution in [0.25, 0.3) is 16.6 Å². The van der Waals surface area contributed by atoms with Crippen LogP contribution in [0.1, 0.15) is 21.5 Å². The number of Topliss-reactive ketones (excluding diaryl/α,β-unsaturated/α-hetero) is 1. The molecule has 0 spiro atoms. The fourth-order valence-electron chi connectivity index (χ4n) is 3.59. The molecule has 0 saturated heterocycles. The van der Waals surface area contributed by atoms with Crippen molar-refractivity contribution >= 4 is 28.4 Å². The van der Waals surface area contributed by atoms with Crippen LogP contribution in [0, 0.1) is 0 Å². The second-order valence-electron chi connectivity index (χ2n) is 7.15. The van der Waals surface area contributed by atoms with E-state index >= 15 is 0 Å². The molecule has 0 radical (unpaired) electrons. The molecule has 34 heavy (non-hydrogen) atoms. The molecule has 0 N–H and O–H groups in total. The topological polar surface area (TPSA) is 115 Å². The standard InChI is InChI=1S/C25H20N2O6.Na/c1-31-18-10-7-15(8-11-18)24(28)19(13-16-5-3-4-6-22(16)32-2)23(25(29)30)17-9-12-20-21(14-17)27-33-26-20;/h3-12,14H,13H2,1-2H3,(H,29,30);/q;+1/p-1. The molecule has 0 unspecified atom stereocenters. The second-order valence-corrected chi connectivity index (χ2v) is 7.15. The molecule has 1 aromatic heterocycles. The van der Waals surface area contributed by atoms with Crippen molar-refractivity contribution in [1.82, 2.24) is 10.3 Å². The molecule has 0 bridgehead atoms. The minimum absolute atomic E-state index is 0. The van der Waals surface area contributed by atoms with Gasteiger partial charge in [-0.1, -0.05) is 24.3 Å². The Kier molecular flexibility index (Phi) is 8.22. The fraction of sp³-hybridized carbons (Fsp3) is 0.120.